The Morgan fingerprint density at radius 1 is 1.64 bits per heavy atom. The Labute approximate surface area is 89.9 Å². The van der Waals surface area contributed by atoms with Crippen LogP contribution in [-0.4, -0.2) is 10.1 Å². The van der Waals surface area contributed by atoms with Crippen LogP contribution >= 0.6 is 22.9 Å². The van der Waals surface area contributed by atoms with Crippen LogP contribution in [0.15, 0.2) is 16.0 Å². The monoisotopic (exact) mass is 229 g/mol. The summed E-state index contributed by atoms with van der Waals surface area (Å²) >= 11 is 7.37. The molecule has 0 aliphatic heterocycles. The van der Waals surface area contributed by atoms with Gasteiger partial charge in [0.25, 0.3) is 0 Å². The van der Waals surface area contributed by atoms with Crippen LogP contribution in [0, 0.1) is 6.92 Å². The SMILES string of the molecule is Cc1noc(NCc2cc(Cl)cs2)n1. The molecule has 14 heavy (non-hydrogen) atoms. The van der Waals surface area contributed by atoms with Crippen LogP contribution in [0.25, 0.3) is 0 Å². The Hall–Kier alpha value is -1.07. The van der Waals surface area contributed by atoms with Crippen molar-refractivity contribution in [1.29, 1.82) is 0 Å². The quantitative estimate of drug-likeness (QED) is 0.879. The zero-order valence-electron chi connectivity index (χ0n) is 7.45. The normalized spacial score (nSPS) is 10.4. The summed E-state index contributed by atoms with van der Waals surface area (Å²) in [6.07, 6.45) is 0. The van der Waals surface area contributed by atoms with Gasteiger partial charge in [0.2, 0.25) is 0 Å². The van der Waals surface area contributed by atoms with Gasteiger partial charge in [-0.3, -0.25) is 0 Å². The smallest absolute Gasteiger partial charge is 0.321 e. The molecule has 0 aromatic carbocycles. The van der Waals surface area contributed by atoms with Gasteiger partial charge in [-0.2, -0.15) is 4.98 Å². The van der Waals surface area contributed by atoms with Crippen molar-refractivity contribution in [3.05, 3.63) is 27.2 Å². The number of halogens is 1. The van der Waals surface area contributed by atoms with E-state index in [0.717, 1.165) is 9.90 Å². The van der Waals surface area contributed by atoms with Gasteiger partial charge in [-0.15, -0.1) is 11.3 Å². The first-order valence-corrected chi connectivity index (χ1v) is 5.27. The maximum Gasteiger partial charge on any atom is 0.321 e. The molecule has 0 spiro atoms. The first-order valence-electron chi connectivity index (χ1n) is 4.01. The molecule has 0 bridgehead atoms. The fourth-order valence-electron chi connectivity index (χ4n) is 0.978. The summed E-state index contributed by atoms with van der Waals surface area (Å²) in [5.41, 5.74) is 0. The number of nitrogens with one attached hydrogen (secondary N) is 1. The molecule has 0 radical (unpaired) electrons. The Bertz CT molecular complexity index is 385. The largest absolute Gasteiger partial charge is 0.333 e. The number of thiophene rings is 1. The standard InChI is InChI=1S/C8H8ClN3OS/c1-5-11-8(13-12-5)10-3-7-2-6(9)4-14-7/h2,4H,3H2,1H3,(H,10,11,12). The van der Waals surface area contributed by atoms with Crippen LogP contribution in [0.3, 0.4) is 0 Å². The first kappa shape index (κ1) is 9.48. The second kappa shape index (κ2) is 3.98. The highest BCUT2D eigenvalue weighted by atomic mass is 35.5. The lowest BCUT2D eigenvalue weighted by atomic mass is 10.5. The van der Waals surface area contributed by atoms with Crippen molar-refractivity contribution in [1.82, 2.24) is 10.1 Å². The summed E-state index contributed by atoms with van der Waals surface area (Å²) in [5, 5.41) is 9.31. The van der Waals surface area contributed by atoms with E-state index in [1.54, 1.807) is 18.3 Å². The molecule has 2 heterocycles. The highest BCUT2D eigenvalue weighted by Crippen LogP contribution is 2.19. The van der Waals surface area contributed by atoms with Crippen LogP contribution in [0.4, 0.5) is 6.01 Å². The van der Waals surface area contributed by atoms with Gasteiger partial charge >= 0.3 is 6.01 Å². The number of aromatic nitrogens is 2. The van der Waals surface area contributed by atoms with Crippen molar-refractivity contribution in [2.24, 2.45) is 0 Å². The summed E-state index contributed by atoms with van der Waals surface area (Å²) in [7, 11) is 0. The van der Waals surface area contributed by atoms with E-state index < -0.39 is 0 Å². The third-order valence-electron chi connectivity index (χ3n) is 1.56. The van der Waals surface area contributed by atoms with Crippen LogP contribution in [-0.2, 0) is 6.54 Å². The third kappa shape index (κ3) is 2.24. The molecule has 0 saturated heterocycles. The maximum absolute atomic E-state index is 5.78. The number of hydrogen-bond donors (Lipinski definition) is 1. The van der Waals surface area contributed by atoms with E-state index in [0.29, 0.717) is 18.4 Å². The molecule has 0 saturated carbocycles. The minimum atomic E-state index is 0.437. The second-order valence-corrected chi connectivity index (χ2v) is 4.16. The van der Waals surface area contributed by atoms with Crippen molar-refractivity contribution >= 4 is 29.0 Å². The van der Waals surface area contributed by atoms with E-state index in [1.165, 1.54) is 0 Å². The van der Waals surface area contributed by atoms with E-state index in [1.807, 2.05) is 11.4 Å². The van der Waals surface area contributed by atoms with Gasteiger partial charge in [0.15, 0.2) is 5.82 Å². The minimum Gasteiger partial charge on any atom is -0.333 e. The number of aryl methyl sites for hydroxylation is 1. The van der Waals surface area contributed by atoms with Gasteiger partial charge in [-0.1, -0.05) is 16.8 Å². The van der Waals surface area contributed by atoms with E-state index in [9.17, 15) is 0 Å². The van der Waals surface area contributed by atoms with Crippen LogP contribution in [0.1, 0.15) is 10.7 Å². The predicted octanol–water partition coefficient (Wildman–Crippen LogP) is 2.71. The van der Waals surface area contributed by atoms with E-state index in [-0.39, 0.29) is 0 Å². The fourth-order valence-corrected chi connectivity index (χ4v) is 1.99. The molecular formula is C8H8ClN3OS. The Morgan fingerprint density at radius 3 is 3.07 bits per heavy atom. The number of anilines is 1. The molecule has 2 aromatic rings. The molecular weight excluding hydrogens is 222 g/mol. The molecule has 0 aliphatic rings. The number of rotatable bonds is 3. The Kier molecular flexibility index (Phi) is 2.69. The molecule has 0 amide bonds. The van der Waals surface area contributed by atoms with Gasteiger partial charge in [-0.05, 0) is 13.0 Å². The molecule has 0 aliphatic carbocycles. The van der Waals surface area contributed by atoms with E-state index in [4.69, 9.17) is 16.1 Å². The molecule has 0 atom stereocenters. The molecule has 1 N–H and O–H groups in total. The number of hydrogen-bond acceptors (Lipinski definition) is 5. The maximum atomic E-state index is 5.78. The van der Waals surface area contributed by atoms with Crippen LogP contribution in [0.2, 0.25) is 5.02 Å². The molecule has 74 valence electrons. The summed E-state index contributed by atoms with van der Waals surface area (Å²) in [6, 6.07) is 2.34. The van der Waals surface area contributed by atoms with Gasteiger partial charge in [0.1, 0.15) is 0 Å². The highest BCUT2D eigenvalue weighted by Gasteiger charge is 2.02. The fraction of sp³-hybridized carbons (Fsp3) is 0.250. The Balaban J connectivity index is 1.94. The van der Waals surface area contributed by atoms with Gasteiger partial charge in [0.05, 0.1) is 11.6 Å². The van der Waals surface area contributed by atoms with Crippen LogP contribution < -0.4 is 5.32 Å². The third-order valence-corrected chi connectivity index (χ3v) is 2.85. The van der Waals surface area contributed by atoms with E-state index >= 15 is 0 Å². The second-order valence-electron chi connectivity index (χ2n) is 2.73. The topological polar surface area (TPSA) is 51.0 Å². The van der Waals surface area contributed by atoms with Crippen molar-refractivity contribution < 1.29 is 4.52 Å². The van der Waals surface area contributed by atoms with Crippen molar-refractivity contribution in [2.45, 2.75) is 13.5 Å². The Morgan fingerprint density at radius 2 is 2.50 bits per heavy atom. The van der Waals surface area contributed by atoms with Gasteiger partial charge < -0.3 is 9.84 Å². The zero-order chi connectivity index (χ0) is 9.97. The average molecular weight is 230 g/mol. The molecule has 4 nitrogen and oxygen atoms in total. The van der Waals surface area contributed by atoms with Gasteiger partial charge in [0, 0.05) is 10.3 Å². The lowest BCUT2D eigenvalue weighted by molar-refractivity contribution is 0.425. The van der Waals surface area contributed by atoms with Crippen molar-refractivity contribution in [3.8, 4) is 0 Å². The molecule has 0 unspecified atom stereocenters. The molecule has 0 fully saturated rings. The van der Waals surface area contributed by atoms with Crippen molar-refractivity contribution in [2.75, 3.05) is 5.32 Å². The lowest BCUT2D eigenvalue weighted by Gasteiger charge is -1.95. The zero-order valence-corrected chi connectivity index (χ0v) is 9.02. The minimum absolute atomic E-state index is 0.437. The summed E-state index contributed by atoms with van der Waals surface area (Å²) in [5.74, 6) is 0.622. The summed E-state index contributed by atoms with van der Waals surface area (Å²) < 4.78 is 4.89. The predicted molar refractivity (Wildman–Crippen MR) is 55.7 cm³/mol. The molecule has 2 aromatic heterocycles. The first-order chi connectivity index (χ1) is 6.74. The number of nitrogens with zero attached hydrogens (tertiary/aromatic N) is 2. The average Bonchev–Trinajstić information content (AvgIpc) is 2.72. The molecule has 6 heteroatoms. The molecule has 2 rings (SSSR count). The van der Waals surface area contributed by atoms with Crippen molar-refractivity contribution in [3.63, 3.8) is 0 Å². The van der Waals surface area contributed by atoms with Gasteiger partial charge in [-0.25, -0.2) is 0 Å². The summed E-state index contributed by atoms with van der Waals surface area (Å²) in [6.45, 7) is 2.43. The van der Waals surface area contributed by atoms with E-state index in [2.05, 4.69) is 15.5 Å². The van der Waals surface area contributed by atoms with Crippen LogP contribution in [0.5, 0.6) is 0 Å². The summed E-state index contributed by atoms with van der Waals surface area (Å²) in [4.78, 5) is 5.15. The highest BCUT2D eigenvalue weighted by molar-refractivity contribution is 7.10. The lowest BCUT2D eigenvalue weighted by Crippen LogP contribution is -1.97.